The second-order valence-electron chi connectivity index (χ2n) is 3.63. The van der Waals surface area contributed by atoms with Crippen molar-refractivity contribution in [1.82, 2.24) is 0 Å². The lowest BCUT2D eigenvalue weighted by Crippen LogP contribution is -2.04. The molecule has 0 aliphatic rings. The Morgan fingerprint density at radius 2 is 2.14 bits per heavy atom. The summed E-state index contributed by atoms with van der Waals surface area (Å²) in [6.45, 7) is 4.88. The van der Waals surface area contributed by atoms with Crippen LogP contribution in [-0.2, 0) is 0 Å². The minimum atomic E-state index is 0.240. The van der Waals surface area contributed by atoms with Crippen LogP contribution in [0.2, 0.25) is 0 Å². The lowest BCUT2D eigenvalue weighted by atomic mass is 10.2. The lowest BCUT2D eigenvalue weighted by Gasteiger charge is -2.10. The van der Waals surface area contributed by atoms with Crippen LogP contribution in [0.5, 0.6) is 11.5 Å². The minimum Gasteiger partial charge on any atom is -0.506 e. The van der Waals surface area contributed by atoms with Crippen LogP contribution in [0.25, 0.3) is 0 Å². The van der Waals surface area contributed by atoms with Crippen molar-refractivity contribution in [2.24, 2.45) is 5.92 Å². The summed E-state index contributed by atoms with van der Waals surface area (Å²) in [4.78, 5) is 0. The highest BCUT2D eigenvalue weighted by Gasteiger charge is 2.02. The van der Waals surface area contributed by atoms with Crippen LogP contribution < -0.4 is 10.1 Å². The summed E-state index contributed by atoms with van der Waals surface area (Å²) in [7, 11) is 1.77. The molecule has 0 aliphatic heterocycles. The van der Waals surface area contributed by atoms with Gasteiger partial charge in [0, 0.05) is 13.1 Å². The maximum absolute atomic E-state index is 9.39. The van der Waals surface area contributed by atoms with E-state index in [-0.39, 0.29) is 5.75 Å². The van der Waals surface area contributed by atoms with Crippen LogP contribution in [-0.4, -0.2) is 18.8 Å². The molecule has 0 saturated carbocycles. The standard InChI is InChI=1S/C11H17NO2/c1-8(2)7-14-9-4-5-11(13)10(6-9)12-3/h4-6,8,12-13H,7H2,1-3H3. The summed E-state index contributed by atoms with van der Waals surface area (Å²) in [6.07, 6.45) is 0. The van der Waals surface area contributed by atoms with Gasteiger partial charge in [-0.05, 0) is 18.1 Å². The molecule has 3 heteroatoms. The average molecular weight is 195 g/mol. The van der Waals surface area contributed by atoms with Crippen molar-refractivity contribution in [2.45, 2.75) is 13.8 Å². The molecule has 0 saturated heterocycles. The number of anilines is 1. The summed E-state index contributed by atoms with van der Waals surface area (Å²) >= 11 is 0. The van der Waals surface area contributed by atoms with Gasteiger partial charge in [-0.15, -0.1) is 0 Å². The van der Waals surface area contributed by atoms with Gasteiger partial charge >= 0.3 is 0 Å². The molecule has 0 aliphatic carbocycles. The van der Waals surface area contributed by atoms with Gasteiger partial charge in [-0.1, -0.05) is 13.8 Å². The Kier molecular flexibility index (Phi) is 3.63. The van der Waals surface area contributed by atoms with Crippen molar-refractivity contribution in [2.75, 3.05) is 19.0 Å². The van der Waals surface area contributed by atoms with Crippen molar-refractivity contribution in [3.8, 4) is 11.5 Å². The molecule has 0 unspecified atom stereocenters. The zero-order valence-electron chi connectivity index (χ0n) is 8.87. The summed E-state index contributed by atoms with van der Waals surface area (Å²) in [5, 5.41) is 12.3. The molecule has 14 heavy (non-hydrogen) atoms. The molecule has 0 bridgehead atoms. The lowest BCUT2D eigenvalue weighted by molar-refractivity contribution is 0.271. The minimum absolute atomic E-state index is 0.240. The molecule has 0 radical (unpaired) electrons. The molecule has 1 aromatic rings. The monoisotopic (exact) mass is 195 g/mol. The van der Waals surface area contributed by atoms with E-state index in [2.05, 4.69) is 19.2 Å². The van der Waals surface area contributed by atoms with Gasteiger partial charge in [0.05, 0.1) is 12.3 Å². The number of rotatable bonds is 4. The molecule has 0 atom stereocenters. The van der Waals surface area contributed by atoms with Crippen LogP contribution in [0.1, 0.15) is 13.8 Å². The number of benzene rings is 1. The Hall–Kier alpha value is -1.38. The molecule has 0 spiro atoms. The van der Waals surface area contributed by atoms with E-state index in [9.17, 15) is 5.11 Å². The SMILES string of the molecule is CNc1cc(OCC(C)C)ccc1O. The van der Waals surface area contributed by atoms with E-state index in [1.165, 1.54) is 0 Å². The fraction of sp³-hybridized carbons (Fsp3) is 0.455. The van der Waals surface area contributed by atoms with Gasteiger partial charge in [0.25, 0.3) is 0 Å². The molecular weight excluding hydrogens is 178 g/mol. The van der Waals surface area contributed by atoms with Crippen molar-refractivity contribution in [1.29, 1.82) is 0 Å². The third-order valence-electron chi connectivity index (χ3n) is 1.82. The van der Waals surface area contributed by atoms with Gasteiger partial charge in [-0.3, -0.25) is 0 Å². The topological polar surface area (TPSA) is 41.5 Å². The number of aromatic hydroxyl groups is 1. The van der Waals surface area contributed by atoms with Crippen LogP contribution >= 0.6 is 0 Å². The number of hydrogen-bond donors (Lipinski definition) is 2. The van der Waals surface area contributed by atoms with Gasteiger partial charge in [0.15, 0.2) is 0 Å². The largest absolute Gasteiger partial charge is 0.506 e. The number of nitrogens with one attached hydrogen (secondary N) is 1. The Bertz CT molecular complexity index is 297. The molecule has 0 heterocycles. The molecule has 0 fully saturated rings. The predicted molar refractivity (Wildman–Crippen MR) is 58.0 cm³/mol. The highest BCUT2D eigenvalue weighted by atomic mass is 16.5. The van der Waals surface area contributed by atoms with Gasteiger partial charge < -0.3 is 15.2 Å². The van der Waals surface area contributed by atoms with Crippen molar-refractivity contribution in [3.05, 3.63) is 18.2 Å². The Labute approximate surface area is 84.7 Å². The molecule has 2 N–H and O–H groups in total. The quantitative estimate of drug-likeness (QED) is 0.725. The third kappa shape index (κ3) is 2.83. The van der Waals surface area contributed by atoms with E-state index >= 15 is 0 Å². The predicted octanol–water partition coefficient (Wildman–Crippen LogP) is 2.47. The van der Waals surface area contributed by atoms with Crippen LogP contribution in [0.15, 0.2) is 18.2 Å². The molecular formula is C11H17NO2. The number of phenols is 1. The van der Waals surface area contributed by atoms with E-state index < -0.39 is 0 Å². The molecule has 3 nitrogen and oxygen atoms in total. The molecule has 0 amide bonds. The van der Waals surface area contributed by atoms with E-state index in [1.54, 1.807) is 25.2 Å². The highest BCUT2D eigenvalue weighted by molar-refractivity contribution is 5.58. The molecule has 78 valence electrons. The molecule has 1 rings (SSSR count). The van der Waals surface area contributed by atoms with Crippen molar-refractivity contribution in [3.63, 3.8) is 0 Å². The van der Waals surface area contributed by atoms with Crippen molar-refractivity contribution >= 4 is 5.69 Å². The number of hydrogen-bond acceptors (Lipinski definition) is 3. The van der Waals surface area contributed by atoms with Gasteiger partial charge in [0.1, 0.15) is 11.5 Å². The number of phenolic OH excluding ortho intramolecular Hbond substituents is 1. The van der Waals surface area contributed by atoms with E-state index in [0.717, 1.165) is 5.75 Å². The second-order valence-corrected chi connectivity index (χ2v) is 3.63. The Balaban J connectivity index is 2.69. The Morgan fingerprint density at radius 1 is 1.43 bits per heavy atom. The summed E-state index contributed by atoms with van der Waals surface area (Å²) in [6, 6.07) is 5.18. The van der Waals surface area contributed by atoms with Crippen LogP contribution in [0.4, 0.5) is 5.69 Å². The highest BCUT2D eigenvalue weighted by Crippen LogP contribution is 2.27. The first-order chi connectivity index (χ1) is 6.63. The van der Waals surface area contributed by atoms with E-state index in [1.807, 2.05) is 0 Å². The normalized spacial score (nSPS) is 10.3. The average Bonchev–Trinajstić information content (AvgIpc) is 2.16. The number of ether oxygens (including phenoxy) is 1. The van der Waals surface area contributed by atoms with E-state index in [4.69, 9.17) is 4.74 Å². The van der Waals surface area contributed by atoms with Crippen LogP contribution in [0, 0.1) is 5.92 Å². The maximum atomic E-state index is 9.39. The maximum Gasteiger partial charge on any atom is 0.138 e. The van der Waals surface area contributed by atoms with Crippen molar-refractivity contribution < 1.29 is 9.84 Å². The summed E-state index contributed by atoms with van der Waals surface area (Å²) in [5.74, 6) is 1.52. The summed E-state index contributed by atoms with van der Waals surface area (Å²) in [5.41, 5.74) is 0.686. The van der Waals surface area contributed by atoms with E-state index in [0.29, 0.717) is 18.2 Å². The fourth-order valence-electron chi connectivity index (χ4n) is 1.07. The van der Waals surface area contributed by atoms with Gasteiger partial charge in [0.2, 0.25) is 0 Å². The third-order valence-corrected chi connectivity index (χ3v) is 1.82. The summed E-state index contributed by atoms with van der Waals surface area (Å²) < 4.78 is 5.51. The first-order valence-corrected chi connectivity index (χ1v) is 4.77. The first kappa shape index (κ1) is 10.7. The molecule has 0 aromatic heterocycles. The Morgan fingerprint density at radius 3 is 2.71 bits per heavy atom. The zero-order valence-corrected chi connectivity index (χ0v) is 8.87. The second kappa shape index (κ2) is 4.74. The van der Waals surface area contributed by atoms with Gasteiger partial charge in [-0.2, -0.15) is 0 Å². The van der Waals surface area contributed by atoms with Crippen LogP contribution in [0.3, 0.4) is 0 Å². The zero-order chi connectivity index (χ0) is 10.6. The smallest absolute Gasteiger partial charge is 0.138 e. The fourth-order valence-corrected chi connectivity index (χ4v) is 1.07. The first-order valence-electron chi connectivity index (χ1n) is 4.77. The van der Waals surface area contributed by atoms with Gasteiger partial charge in [-0.25, -0.2) is 0 Å². The molecule has 1 aromatic carbocycles.